The first kappa shape index (κ1) is 29.6. The highest BCUT2D eigenvalue weighted by molar-refractivity contribution is 5.73. The number of benzene rings is 1. The first-order chi connectivity index (χ1) is 15.5. The number of hydrogen-bond acceptors (Lipinski definition) is 5. The standard InChI is InChI=1S/C16H23FN2O.2C2HF3O2/c1-18(2)10-15-7-13-9-19(11-16(13)20-15)8-12-3-5-14(17)6-4-12;2*3-2(4,5)1(6)7/h3-6,13,15-16H,7-11H2,1-2H3;2*(H,6,7)/t13-,15-,16+;;/m1../s1. The number of carbonyl (C=O) groups is 2. The van der Waals surface area contributed by atoms with E-state index in [0.717, 1.165) is 26.2 Å². The summed E-state index contributed by atoms with van der Waals surface area (Å²) in [5.41, 5.74) is 1.18. The molecule has 14 heteroatoms. The van der Waals surface area contributed by atoms with E-state index in [0.29, 0.717) is 18.1 Å². The highest BCUT2D eigenvalue weighted by Gasteiger charge is 2.42. The van der Waals surface area contributed by atoms with Crippen LogP contribution in [0.5, 0.6) is 0 Å². The second kappa shape index (κ2) is 12.3. The molecule has 1 aromatic rings. The van der Waals surface area contributed by atoms with Crippen LogP contribution < -0.4 is 0 Å². The molecule has 0 unspecified atom stereocenters. The Morgan fingerprint density at radius 3 is 1.85 bits per heavy atom. The molecule has 194 valence electrons. The van der Waals surface area contributed by atoms with E-state index in [9.17, 15) is 30.7 Å². The summed E-state index contributed by atoms with van der Waals surface area (Å²) >= 11 is 0. The lowest BCUT2D eigenvalue weighted by Gasteiger charge is -2.21. The van der Waals surface area contributed by atoms with Gasteiger partial charge in [-0.25, -0.2) is 14.0 Å². The Labute approximate surface area is 190 Å². The van der Waals surface area contributed by atoms with Gasteiger partial charge in [0.05, 0.1) is 12.2 Å². The Morgan fingerprint density at radius 1 is 1.00 bits per heavy atom. The third kappa shape index (κ3) is 10.7. The van der Waals surface area contributed by atoms with Gasteiger partial charge in [0, 0.05) is 32.1 Å². The van der Waals surface area contributed by atoms with E-state index < -0.39 is 24.3 Å². The van der Waals surface area contributed by atoms with Crippen molar-refractivity contribution >= 4 is 11.9 Å². The van der Waals surface area contributed by atoms with E-state index in [1.807, 2.05) is 12.1 Å². The number of nitrogens with zero attached hydrogens (tertiary/aromatic N) is 2. The van der Waals surface area contributed by atoms with E-state index in [1.54, 1.807) is 0 Å². The molecule has 7 nitrogen and oxygen atoms in total. The van der Waals surface area contributed by atoms with Gasteiger partial charge in [-0.15, -0.1) is 0 Å². The summed E-state index contributed by atoms with van der Waals surface area (Å²) in [5.74, 6) is -5.01. The highest BCUT2D eigenvalue weighted by atomic mass is 19.4. The van der Waals surface area contributed by atoms with Crippen LogP contribution in [0.3, 0.4) is 0 Å². The van der Waals surface area contributed by atoms with Gasteiger partial charge in [0.25, 0.3) is 0 Å². The second-order valence-electron chi connectivity index (χ2n) is 7.98. The van der Waals surface area contributed by atoms with Gasteiger partial charge in [0.1, 0.15) is 5.82 Å². The summed E-state index contributed by atoms with van der Waals surface area (Å²) in [6.07, 6.45) is -8.21. The van der Waals surface area contributed by atoms with Crippen LogP contribution in [0.4, 0.5) is 30.7 Å². The van der Waals surface area contributed by atoms with Gasteiger partial charge >= 0.3 is 24.3 Å². The van der Waals surface area contributed by atoms with Crippen LogP contribution in [0.25, 0.3) is 0 Å². The Hall–Kier alpha value is -2.45. The van der Waals surface area contributed by atoms with E-state index in [2.05, 4.69) is 23.9 Å². The first-order valence-corrected chi connectivity index (χ1v) is 9.86. The molecule has 2 heterocycles. The van der Waals surface area contributed by atoms with Crippen molar-refractivity contribution in [2.24, 2.45) is 5.92 Å². The fraction of sp³-hybridized carbons (Fsp3) is 0.600. The summed E-state index contributed by atoms with van der Waals surface area (Å²) in [5, 5.41) is 14.2. The topological polar surface area (TPSA) is 90.3 Å². The Morgan fingerprint density at radius 2 is 1.47 bits per heavy atom. The Kier molecular flexibility index (Phi) is 10.7. The molecule has 0 spiro atoms. The SMILES string of the molecule is CN(C)C[C@H]1C[C@@H]2CN(Cc3ccc(F)cc3)C[C@@H]2O1.O=C(O)C(F)(F)F.O=C(O)C(F)(F)F. The van der Waals surface area contributed by atoms with E-state index in [4.69, 9.17) is 24.5 Å². The number of aliphatic carboxylic acids is 2. The first-order valence-electron chi connectivity index (χ1n) is 9.86. The maximum absolute atomic E-state index is 12.9. The maximum Gasteiger partial charge on any atom is 0.490 e. The van der Waals surface area contributed by atoms with Crippen LogP contribution in [0.1, 0.15) is 12.0 Å². The number of likely N-dealkylation sites (tertiary alicyclic amines) is 1. The third-order valence-electron chi connectivity index (χ3n) is 4.76. The molecule has 2 fully saturated rings. The van der Waals surface area contributed by atoms with Crippen molar-refractivity contribution in [1.82, 2.24) is 9.80 Å². The number of alkyl halides is 6. The van der Waals surface area contributed by atoms with Crippen molar-refractivity contribution in [1.29, 1.82) is 0 Å². The second-order valence-corrected chi connectivity index (χ2v) is 7.98. The number of fused-ring (bicyclic) bond motifs is 1. The fourth-order valence-electron chi connectivity index (χ4n) is 3.45. The molecule has 0 saturated carbocycles. The lowest BCUT2D eigenvalue weighted by atomic mass is 10.0. The summed E-state index contributed by atoms with van der Waals surface area (Å²) < 4.78 is 82.5. The molecule has 0 aromatic heterocycles. The molecule has 3 rings (SSSR count). The zero-order valence-corrected chi connectivity index (χ0v) is 18.2. The molecule has 0 bridgehead atoms. The van der Waals surface area contributed by atoms with Crippen LogP contribution in [-0.4, -0.2) is 90.2 Å². The van der Waals surface area contributed by atoms with Crippen molar-refractivity contribution in [3.8, 4) is 0 Å². The van der Waals surface area contributed by atoms with Gasteiger partial charge in [-0.05, 0) is 38.2 Å². The molecule has 1 aromatic carbocycles. The molecule has 2 aliphatic rings. The number of halogens is 7. The lowest BCUT2D eigenvalue weighted by molar-refractivity contribution is -0.193. The predicted octanol–water partition coefficient (Wildman–Crippen LogP) is 3.24. The number of rotatable bonds is 4. The summed E-state index contributed by atoms with van der Waals surface area (Å²) in [6, 6.07) is 6.82. The minimum absolute atomic E-state index is 0.165. The highest BCUT2D eigenvalue weighted by Crippen LogP contribution is 2.33. The normalized spacial score (nSPS) is 22.4. The number of ether oxygens (including phenoxy) is 1. The average molecular weight is 506 g/mol. The largest absolute Gasteiger partial charge is 0.490 e. The van der Waals surface area contributed by atoms with Crippen LogP contribution in [-0.2, 0) is 20.9 Å². The molecule has 2 N–H and O–H groups in total. The van der Waals surface area contributed by atoms with Gasteiger partial charge in [0.2, 0.25) is 0 Å². The van der Waals surface area contributed by atoms with Crippen molar-refractivity contribution in [2.75, 3.05) is 33.7 Å². The Balaban J connectivity index is 0.000000343. The van der Waals surface area contributed by atoms with Gasteiger partial charge in [-0.3, -0.25) is 4.90 Å². The molecule has 2 aliphatic heterocycles. The zero-order valence-electron chi connectivity index (χ0n) is 18.2. The number of hydrogen-bond donors (Lipinski definition) is 2. The minimum Gasteiger partial charge on any atom is -0.475 e. The van der Waals surface area contributed by atoms with Gasteiger partial charge in [0.15, 0.2) is 0 Å². The van der Waals surface area contributed by atoms with Crippen molar-refractivity contribution in [2.45, 2.75) is 37.5 Å². The van der Waals surface area contributed by atoms with E-state index in [1.165, 1.54) is 24.1 Å². The minimum atomic E-state index is -5.08. The van der Waals surface area contributed by atoms with Gasteiger partial charge in [-0.2, -0.15) is 26.3 Å². The quantitative estimate of drug-likeness (QED) is 0.606. The van der Waals surface area contributed by atoms with Crippen molar-refractivity contribution in [3.63, 3.8) is 0 Å². The summed E-state index contributed by atoms with van der Waals surface area (Å²) in [4.78, 5) is 22.4. The van der Waals surface area contributed by atoms with Crippen molar-refractivity contribution < 1.29 is 55.3 Å². The smallest absolute Gasteiger partial charge is 0.475 e. The molecule has 0 amide bonds. The molecule has 3 atom stereocenters. The maximum atomic E-state index is 12.9. The molecule has 0 radical (unpaired) electrons. The van der Waals surface area contributed by atoms with Crippen LogP contribution in [0, 0.1) is 11.7 Å². The number of carboxylic acid groups (broad SMARTS) is 2. The molecule has 34 heavy (non-hydrogen) atoms. The average Bonchev–Trinajstić information content (AvgIpc) is 3.20. The van der Waals surface area contributed by atoms with Crippen molar-refractivity contribution in [3.05, 3.63) is 35.6 Å². The fourth-order valence-corrected chi connectivity index (χ4v) is 3.45. The van der Waals surface area contributed by atoms with Crippen LogP contribution in [0.15, 0.2) is 24.3 Å². The predicted molar refractivity (Wildman–Crippen MR) is 104 cm³/mol. The molecule has 2 saturated heterocycles. The Bertz CT molecular complexity index is 762. The van der Waals surface area contributed by atoms with Crippen LogP contribution >= 0.6 is 0 Å². The third-order valence-corrected chi connectivity index (χ3v) is 4.76. The van der Waals surface area contributed by atoms with Gasteiger partial charge < -0.3 is 19.8 Å². The summed E-state index contributed by atoms with van der Waals surface area (Å²) in [6.45, 7) is 4.03. The molecular formula is C20H25F7N2O5. The van der Waals surface area contributed by atoms with Gasteiger partial charge in [-0.1, -0.05) is 12.1 Å². The zero-order chi connectivity index (χ0) is 26.3. The van der Waals surface area contributed by atoms with Crippen LogP contribution in [0.2, 0.25) is 0 Å². The summed E-state index contributed by atoms with van der Waals surface area (Å²) in [7, 11) is 4.19. The molecular weight excluding hydrogens is 481 g/mol. The van der Waals surface area contributed by atoms with E-state index in [-0.39, 0.29) is 5.82 Å². The monoisotopic (exact) mass is 506 g/mol. The van der Waals surface area contributed by atoms with E-state index >= 15 is 0 Å². The lowest BCUT2D eigenvalue weighted by Crippen LogP contribution is -2.29. The number of likely N-dealkylation sites (N-methyl/N-ethyl adjacent to an activating group) is 1. The number of carboxylic acids is 2. The molecule has 0 aliphatic carbocycles.